The van der Waals surface area contributed by atoms with Gasteiger partial charge < -0.3 is 35.4 Å². The number of phosphoric acid groups is 1. The van der Waals surface area contributed by atoms with E-state index in [1.807, 2.05) is 0 Å². The number of fused-ring (bicyclic) bond motifs is 7. The van der Waals surface area contributed by atoms with Crippen molar-refractivity contribution in [2.24, 2.45) is 11.1 Å². The van der Waals surface area contributed by atoms with E-state index in [0.29, 0.717) is 0 Å². The summed E-state index contributed by atoms with van der Waals surface area (Å²) in [5.74, 6) is -1.41. The molecule has 17 nitrogen and oxygen atoms in total. The molecule has 8 atom stereocenters. The lowest BCUT2D eigenvalue weighted by Gasteiger charge is -2.34. The highest BCUT2D eigenvalue weighted by Gasteiger charge is 2.47. The predicted molar refractivity (Wildman–Crippen MR) is 123 cm³/mol. The van der Waals surface area contributed by atoms with E-state index in [1.54, 1.807) is 0 Å². The van der Waals surface area contributed by atoms with Gasteiger partial charge in [-0.1, -0.05) is 0 Å². The van der Waals surface area contributed by atoms with Crippen LogP contribution in [0.3, 0.4) is 0 Å². The fraction of sp³-hybridized carbons (Fsp3) is 0.700. The second kappa shape index (κ2) is 10.5. The Balaban J connectivity index is 1.79. The van der Waals surface area contributed by atoms with E-state index < -0.39 is 99.5 Å². The zero-order valence-electron chi connectivity index (χ0n) is 20.2. The number of carbonyl (C=O) groups excluding carboxylic acids is 1. The molecule has 6 bridgehead atoms. The molecule has 4 rings (SSSR count). The Bertz CT molecular complexity index is 1250. The van der Waals surface area contributed by atoms with Crippen LogP contribution in [-0.4, -0.2) is 97.1 Å². The molecule has 3 aliphatic heterocycles. The van der Waals surface area contributed by atoms with Gasteiger partial charge in [0.25, 0.3) is 5.56 Å². The number of hydrogen-bond donors (Lipinski definition) is 6. The molecule has 3 aliphatic rings. The van der Waals surface area contributed by atoms with E-state index in [9.17, 15) is 44.0 Å². The number of carboxylic acids is 1. The third-order valence-electron chi connectivity index (χ3n) is 6.83. The summed E-state index contributed by atoms with van der Waals surface area (Å²) in [4.78, 5) is 63.0. The molecule has 0 spiro atoms. The molecule has 2 saturated heterocycles. The minimum Gasteiger partial charge on any atom is -0.481 e. The van der Waals surface area contributed by atoms with Crippen LogP contribution in [0.5, 0.6) is 0 Å². The first-order valence-corrected chi connectivity index (χ1v) is 13.1. The monoisotopic (exact) mass is 566 g/mol. The summed E-state index contributed by atoms with van der Waals surface area (Å²) in [6.45, 7) is -0.642. The maximum Gasteiger partial charge on any atom is 0.472 e. The van der Waals surface area contributed by atoms with Crippen molar-refractivity contribution in [3.8, 4) is 0 Å². The third-order valence-corrected chi connectivity index (χ3v) is 7.85. The van der Waals surface area contributed by atoms with Gasteiger partial charge in [-0.25, -0.2) is 14.2 Å². The van der Waals surface area contributed by atoms with Crippen LogP contribution in [0.15, 0.2) is 15.8 Å². The van der Waals surface area contributed by atoms with Crippen molar-refractivity contribution in [3.05, 3.63) is 32.6 Å². The van der Waals surface area contributed by atoms with Gasteiger partial charge in [-0.3, -0.25) is 33.1 Å². The van der Waals surface area contributed by atoms with Crippen LogP contribution >= 0.6 is 7.82 Å². The minimum absolute atomic E-state index is 0.136. The summed E-state index contributed by atoms with van der Waals surface area (Å²) in [5, 5.41) is 30.2. The number of nitrogens with zero attached hydrogens (tertiary/aromatic N) is 2. The number of aliphatic hydroxyl groups is 2. The Morgan fingerprint density at radius 1 is 1.29 bits per heavy atom. The molecule has 2 amide bonds. The predicted octanol–water partition coefficient (Wildman–Crippen LogP) is -2.18. The molecule has 212 valence electrons. The van der Waals surface area contributed by atoms with Crippen molar-refractivity contribution < 1.29 is 52.9 Å². The van der Waals surface area contributed by atoms with Crippen LogP contribution in [0.1, 0.15) is 31.6 Å². The molecular weight excluding hydrogens is 537 g/mol. The van der Waals surface area contributed by atoms with Crippen molar-refractivity contribution in [1.29, 1.82) is 0 Å². The van der Waals surface area contributed by atoms with E-state index >= 15 is 0 Å². The SMILES string of the molecule is C[C@@]1(C(O)=[18O])Cc2cn(c(=O)[nH]c2=O)[C@H]2C[C@@H](O)[C@@H](COP(=O)(O)O[C@@H]3C[C@@H](O[C@@H]3CO)N(C(N)=O)C1)O2. The van der Waals surface area contributed by atoms with Crippen molar-refractivity contribution >= 4 is 19.8 Å². The summed E-state index contributed by atoms with van der Waals surface area (Å²) < 4.78 is 35.0. The number of aromatic nitrogens is 2. The smallest absolute Gasteiger partial charge is 0.472 e. The molecule has 2 fully saturated rings. The lowest BCUT2D eigenvalue weighted by molar-refractivity contribution is -0.150. The Morgan fingerprint density at radius 3 is 2.63 bits per heavy atom. The number of nitrogens with two attached hydrogens (primary N) is 1. The second-order valence-corrected chi connectivity index (χ2v) is 11.1. The minimum atomic E-state index is -4.83. The van der Waals surface area contributed by atoms with E-state index in [2.05, 4.69) is 4.98 Å². The fourth-order valence-electron chi connectivity index (χ4n) is 4.76. The zero-order valence-corrected chi connectivity index (χ0v) is 21.1. The van der Waals surface area contributed by atoms with Crippen LogP contribution in [0, 0.1) is 5.41 Å². The number of amides is 2. The Morgan fingerprint density at radius 2 is 2.00 bits per heavy atom. The topological polar surface area (TPSA) is 253 Å². The van der Waals surface area contributed by atoms with Gasteiger partial charge in [0, 0.05) is 31.1 Å². The van der Waals surface area contributed by atoms with Gasteiger partial charge in [-0.15, -0.1) is 0 Å². The number of rotatable bonds is 2. The standard InChI is InChI=1S/C20H29N4O13P/c1-20(17(28)29)4-9-5-23(19(31)22-16(9)27)14-2-10(26)13(36-14)7-34-38(32,33)37-11-3-15(35-12(11)6-25)24(8-20)18(21)30/h5,10-15,25-26H,2-4,6-8H2,1H3,(H2,21,30)(H,28,29)(H,32,33)(H,22,27,31)/t10-,11-,12-,13-,14-,15-,20-/m1/s1/i28+2. The van der Waals surface area contributed by atoms with Crippen molar-refractivity contribution in [3.63, 3.8) is 0 Å². The highest BCUT2D eigenvalue weighted by molar-refractivity contribution is 7.47. The Labute approximate surface area is 214 Å². The molecule has 18 heteroatoms. The molecule has 0 saturated carbocycles. The molecule has 1 unspecified atom stereocenters. The van der Waals surface area contributed by atoms with Crippen molar-refractivity contribution in [2.75, 3.05) is 19.8 Å². The number of nitrogens with one attached hydrogen (secondary N) is 1. The fourth-order valence-corrected chi connectivity index (χ4v) is 5.72. The number of urea groups is 1. The number of hydrogen-bond acceptors (Lipinski definition) is 11. The largest absolute Gasteiger partial charge is 0.481 e. The molecule has 0 radical (unpaired) electrons. The number of H-pyrrole nitrogens is 1. The Hall–Kier alpha value is -2.63. The molecular formula is C20H29N4O13P. The average molecular weight is 566 g/mol. The van der Waals surface area contributed by atoms with Crippen molar-refractivity contribution in [1.82, 2.24) is 14.5 Å². The first-order valence-electron chi connectivity index (χ1n) is 11.6. The number of carboxylic acid groups (broad SMARTS) is 1. The number of aliphatic carboxylic acids is 1. The van der Waals surface area contributed by atoms with Gasteiger partial charge in [0.15, 0.2) is 0 Å². The molecule has 0 aromatic carbocycles. The van der Waals surface area contributed by atoms with Crippen LogP contribution in [0.2, 0.25) is 0 Å². The van der Waals surface area contributed by atoms with Crippen LogP contribution in [0.25, 0.3) is 0 Å². The van der Waals surface area contributed by atoms with Crippen LogP contribution < -0.4 is 17.0 Å². The van der Waals surface area contributed by atoms with E-state index in [0.717, 1.165) is 15.7 Å². The number of aliphatic hydroxyl groups excluding tert-OH is 2. The Kier molecular flexibility index (Phi) is 7.84. The van der Waals surface area contributed by atoms with Crippen LogP contribution in [0.4, 0.5) is 4.79 Å². The molecule has 38 heavy (non-hydrogen) atoms. The maximum absolute atomic E-state index is 12.6. The highest BCUT2D eigenvalue weighted by atomic mass is 31.2. The molecule has 0 aliphatic carbocycles. The number of ether oxygens (including phenoxy) is 2. The summed E-state index contributed by atoms with van der Waals surface area (Å²) >= 11 is 0. The summed E-state index contributed by atoms with van der Waals surface area (Å²) in [6, 6.07) is -1.10. The van der Waals surface area contributed by atoms with E-state index in [4.69, 9.17) is 24.3 Å². The van der Waals surface area contributed by atoms with Gasteiger partial charge in [0.1, 0.15) is 30.8 Å². The van der Waals surface area contributed by atoms with E-state index in [1.165, 1.54) is 6.92 Å². The molecule has 1 aromatic heterocycles. The van der Waals surface area contributed by atoms with Gasteiger partial charge >= 0.3 is 25.5 Å². The zero-order chi connectivity index (χ0) is 28.0. The average Bonchev–Trinajstić information content (AvgIpc) is 3.39. The normalized spacial score (nSPS) is 38.1. The van der Waals surface area contributed by atoms with Crippen molar-refractivity contribution in [2.45, 2.75) is 63.1 Å². The number of aromatic amines is 1. The summed E-state index contributed by atoms with van der Waals surface area (Å²) in [6.07, 6.45) is -7.09. The van der Waals surface area contributed by atoms with Gasteiger partial charge in [-0.2, -0.15) is 0 Å². The maximum atomic E-state index is 12.6. The lowest BCUT2D eigenvalue weighted by Crippen LogP contribution is -2.52. The molecule has 4 heterocycles. The number of carbonyl (C=O) groups is 2. The number of primary amides is 1. The van der Waals surface area contributed by atoms with Gasteiger partial charge in [0.2, 0.25) is 0 Å². The van der Waals surface area contributed by atoms with Gasteiger partial charge in [0.05, 0.1) is 24.7 Å². The third kappa shape index (κ3) is 5.69. The lowest BCUT2D eigenvalue weighted by atomic mass is 9.83. The molecule has 1 aromatic rings. The quantitative estimate of drug-likeness (QED) is 0.165. The highest BCUT2D eigenvalue weighted by Crippen LogP contribution is 2.48. The summed E-state index contributed by atoms with van der Waals surface area (Å²) in [7, 11) is -4.83. The van der Waals surface area contributed by atoms with Crippen LogP contribution in [-0.2, 0) is 34.3 Å². The summed E-state index contributed by atoms with van der Waals surface area (Å²) in [5.41, 5.74) is 1.76. The first-order chi connectivity index (χ1) is 17.7. The van der Waals surface area contributed by atoms with E-state index in [-0.39, 0.29) is 18.4 Å². The second-order valence-electron chi connectivity index (χ2n) is 9.72. The molecule has 7 N–H and O–H groups in total. The number of phosphoric ester groups is 1. The van der Waals surface area contributed by atoms with Gasteiger partial charge in [-0.05, 0) is 13.3 Å². The first kappa shape index (κ1) is 28.4.